The average Bonchev–Trinajstić information content (AvgIpc) is 2.91. The van der Waals surface area contributed by atoms with Crippen molar-refractivity contribution in [2.75, 3.05) is 7.11 Å². The predicted octanol–water partition coefficient (Wildman–Crippen LogP) is 3.07. The van der Waals surface area contributed by atoms with E-state index in [1.165, 1.54) is 11.3 Å². The van der Waals surface area contributed by atoms with Crippen molar-refractivity contribution in [3.8, 4) is 22.3 Å². The smallest absolute Gasteiger partial charge is 0.226 e. The first-order valence-corrected chi connectivity index (χ1v) is 6.25. The predicted molar refractivity (Wildman–Crippen MR) is 71.1 cm³/mol. The Morgan fingerprint density at radius 1 is 1.17 bits per heavy atom. The van der Waals surface area contributed by atoms with Gasteiger partial charge in [-0.15, -0.1) is 11.3 Å². The fraction of sp³-hybridized carbons (Fsp3) is 0.0769. The quantitative estimate of drug-likeness (QED) is 0.767. The first-order chi connectivity index (χ1) is 8.79. The SMILES string of the molecule is COc1cccc2nc(-c3cccs3)nc(O)c12. The number of methoxy groups -OCH3 is 1. The van der Waals surface area contributed by atoms with Gasteiger partial charge in [0.05, 0.1) is 17.5 Å². The maximum absolute atomic E-state index is 10.0. The fourth-order valence-electron chi connectivity index (χ4n) is 1.82. The van der Waals surface area contributed by atoms with E-state index in [0.717, 1.165) is 4.88 Å². The summed E-state index contributed by atoms with van der Waals surface area (Å²) in [6.07, 6.45) is 0. The zero-order chi connectivity index (χ0) is 12.5. The van der Waals surface area contributed by atoms with Gasteiger partial charge in [-0.1, -0.05) is 12.1 Å². The van der Waals surface area contributed by atoms with E-state index in [2.05, 4.69) is 9.97 Å². The Labute approximate surface area is 108 Å². The second-order valence-corrected chi connectivity index (χ2v) is 4.65. The van der Waals surface area contributed by atoms with Crippen LogP contribution in [0.1, 0.15) is 0 Å². The molecule has 18 heavy (non-hydrogen) atoms. The van der Waals surface area contributed by atoms with E-state index in [0.29, 0.717) is 22.5 Å². The van der Waals surface area contributed by atoms with E-state index in [1.54, 1.807) is 13.2 Å². The number of rotatable bonds is 2. The number of benzene rings is 1. The molecule has 0 amide bonds. The van der Waals surface area contributed by atoms with Crippen LogP contribution >= 0.6 is 11.3 Å². The van der Waals surface area contributed by atoms with Crippen LogP contribution in [-0.4, -0.2) is 22.2 Å². The Bertz CT molecular complexity index is 696. The number of thiophene rings is 1. The second kappa shape index (κ2) is 4.27. The van der Waals surface area contributed by atoms with Crippen molar-refractivity contribution in [2.24, 2.45) is 0 Å². The van der Waals surface area contributed by atoms with E-state index in [1.807, 2.05) is 29.6 Å². The van der Waals surface area contributed by atoms with Crippen LogP contribution in [0, 0.1) is 0 Å². The van der Waals surface area contributed by atoms with Gasteiger partial charge in [-0.05, 0) is 23.6 Å². The lowest BCUT2D eigenvalue weighted by Crippen LogP contribution is -1.92. The molecule has 2 heterocycles. The summed E-state index contributed by atoms with van der Waals surface area (Å²) in [4.78, 5) is 9.50. The van der Waals surface area contributed by atoms with Crippen molar-refractivity contribution < 1.29 is 9.84 Å². The first-order valence-electron chi connectivity index (χ1n) is 5.37. The minimum Gasteiger partial charge on any atom is -0.496 e. The van der Waals surface area contributed by atoms with Gasteiger partial charge in [0.25, 0.3) is 0 Å². The van der Waals surface area contributed by atoms with Crippen molar-refractivity contribution >= 4 is 22.2 Å². The lowest BCUT2D eigenvalue weighted by atomic mass is 10.2. The lowest BCUT2D eigenvalue weighted by molar-refractivity contribution is 0.413. The van der Waals surface area contributed by atoms with Crippen LogP contribution in [0.2, 0.25) is 0 Å². The molecule has 0 aliphatic carbocycles. The highest BCUT2D eigenvalue weighted by atomic mass is 32.1. The number of hydrogen-bond acceptors (Lipinski definition) is 5. The van der Waals surface area contributed by atoms with Crippen LogP contribution in [-0.2, 0) is 0 Å². The van der Waals surface area contributed by atoms with E-state index in [-0.39, 0.29) is 5.88 Å². The minimum absolute atomic E-state index is 0.0548. The van der Waals surface area contributed by atoms with Crippen LogP contribution in [0.4, 0.5) is 0 Å². The number of fused-ring (bicyclic) bond motifs is 1. The molecular formula is C13H10N2O2S. The van der Waals surface area contributed by atoms with Crippen LogP contribution in [0.5, 0.6) is 11.6 Å². The van der Waals surface area contributed by atoms with E-state index < -0.39 is 0 Å². The molecule has 4 nitrogen and oxygen atoms in total. The maximum Gasteiger partial charge on any atom is 0.226 e. The van der Waals surface area contributed by atoms with E-state index in [9.17, 15) is 5.11 Å². The van der Waals surface area contributed by atoms with Crippen LogP contribution in [0.15, 0.2) is 35.7 Å². The summed E-state index contributed by atoms with van der Waals surface area (Å²) in [6, 6.07) is 9.29. The Morgan fingerprint density at radius 2 is 2.06 bits per heavy atom. The Balaban J connectivity index is 2.29. The average molecular weight is 258 g/mol. The van der Waals surface area contributed by atoms with Crippen LogP contribution in [0.3, 0.4) is 0 Å². The number of nitrogens with zero attached hydrogens (tertiary/aromatic N) is 2. The van der Waals surface area contributed by atoms with Crippen LogP contribution < -0.4 is 4.74 Å². The Hall–Kier alpha value is -2.14. The molecule has 0 unspecified atom stereocenters. The molecule has 1 N–H and O–H groups in total. The van der Waals surface area contributed by atoms with Crippen molar-refractivity contribution in [1.82, 2.24) is 9.97 Å². The molecule has 0 fully saturated rings. The van der Waals surface area contributed by atoms with Gasteiger partial charge in [0.1, 0.15) is 11.1 Å². The molecule has 0 saturated carbocycles. The Kier molecular flexibility index (Phi) is 2.60. The second-order valence-electron chi connectivity index (χ2n) is 3.70. The standard InChI is InChI=1S/C13H10N2O2S/c1-17-9-5-2-4-8-11(9)13(16)15-12(14-8)10-6-3-7-18-10/h2-7H,1H3,(H,14,15,16). The molecule has 0 spiro atoms. The molecule has 5 heteroatoms. The molecule has 0 aliphatic rings. The molecule has 0 radical (unpaired) electrons. The molecule has 1 aromatic carbocycles. The zero-order valence-electron chi connectivity index (χ0n) is 9.62. The third kappa shape index (κ3) is 1.69. The molecule has 0 saturated heterocycles. The molecule has 3 aromatic rings. The third-order valence-corrected chi connectivity index (χ3v) is 3.49. The number of ether oxygens (including phenoxy) is 1. The molecule has 2 aromatic heterocycles. The molecule has 0 aliphatic heterocycles. The highest BCUT2D eigenvalue weighted by molar-refractivity contribution is 7.13. The van der Waals surface area contributed by atoms with Gasteiger partial charge in [-0.3, -0.25) is 0 Å². The highest BCUT2D eigenvalue weighted by Crippen LogP contribution is 2.33. The van der Waals surface area contributed by atoms with Crippen LogP contribution in [0.25, 0.3) is 21.6 Å². The summed E-state index contributed by atoms with van der Waals surface area (Å²) in [5.41, 5.74) is 0.672. The normalized spacial score (nSPS) is 10.7. The van der Waals surface area contributed by atoms with Gasteiger partial charge < -0.3 is 9.84 Å². The number of aromatic nitrogens is 2. The van der Waals surface area contributed by atoms with E-state index >= 15 is 0 Å². The first kappa shape index (κ1) is 11.0. The van der Waals surface area contributed by atoms with Gasteiger partial charge in [-0.2, -0.15) is 4.98 Å². The summed E-state index contributed by atoms with van der Waals surface area (Å²) in [5.74, 6) is 1.05. The van der Waals surface area contributed by atoms with E-state index in [4.69, 9.17) is 4.74 Å². The summed E-state index contributed by atoms with van der Waals surface area (Å²) in [5, 5.41) is 12.5. The van der Waals surface area contributed by atoms with Gasteiger partial charge >= 0.3 is 0 Å². The van der Waals surface area contributed by atoms with Crippen molar-refractivity contribution in [2.45, 2.75) is 0 Å². The third-order valence-electron chi connectivity index (χ3n) is 2.63. The summed E-state index contributed by atoms with van der Waals surface area (Å²) in [7, 11) is 1.56. The molecule has 3 rings (SSSR count). The van der Waals surface area contributed by atoms with Gasteiger partial charge in [0, 0.05) is 0 Å². The Morgan fingerprint density at radius 3 is 2.78 bits per heavy atom. The van der Waals surface area contributed by atoms with Gasteiger partial charge in [0.2, 0.25) is 5.88 Å². The fourth-order valence-corrected chi connectivity index (χ4v) is 2.48. The minimum atomic E-state index is -0.0548. The maximum atomic E-state index is 10.0. The van der Waals surface area contributed by atoms with Gasteiger partial charge in [0.15, 0.2) is 5.82 Å². The van der Waals surface area contributed by atoms with Gasteiger partial charge in [-0.25, -0.2) is 4.98 Å². The molecular weight excluding hydrogens is 248 g/mol. The summed E-state index contributed by atoms with van der Waals surface area (Å²) in [6.45, 7) is 0. The highest BCUT2D eigenvalue weighted by Gasteiger charge is 2.12. The zero-order valence-corrected chi connectivity index (χ0v) is 10.4. The summed E-state index contributed by atoms with van der Waals surface area (Å²) >= 11 is 1.54. The monoisotopic (exact) mass is 258 g/mol. The van der Waals surface area contributed by atoms with Crippen molar-refractivity contribution in [3.63, 3.8) is 0 Å². The summed E-state index contributed by atoms with van der Waals surface area (Å²) < 4.78 is 5.20. The number of aromatic hydroxyl groups is 1. The molecule has 90 valence electrons. The largest absolute Gasteiger partial charge is 0.496 e. The van der Waals surface area contributed by atoms with Crippen molar-refractivity contribution in [1.29, 1.82) is 0 Å². The molecule has 0 bridgehead atoms. The molecule has 0 atom stereocenters. The number of hydrogen-bond donors (Lipinski definition) is 1. The lowest BCUT2D eigenvalue weighted by Gasteiger charge is -2.07. The topological polar surface area (TPSA) is 55.2 Å². The van der Waals surface area contributed by atoms with Crippen molar-refractivity contribution in [3.05, 3.63) is 35.7 Å².